The van der Waals surface area contributed by atoms with E-state index in [-0.39, 0.29) is 11.6 Å². The Morgan fingerprint density at radius 3 is 2.60 bits per heavy atom. The van der Waals surface area contributed by atoms with E-state index in [1.807, 2.05) is 0 Å². The first kappa shape index (κ1) is 18.2. The van der Waals surface area contributed by atoms with E-state index in [1.54, 1.807) is 17.0 Å². The molecule has 1 amide bonds. The summed E-state index contributed by atoms with van der Waals surface area (Å²) in [5, 5.41) is 11.4. The van der Waals surface area contributed by atoms with Crippen LogP contribution in [-0.4, -0.2) is 72.3 Å². The summed E-state index contributed by atoms with van der Waals surface area (Å²) < 4.78 is 5.32. The second kappa shape index (κ2) is 8.64. The molecule has 8 heteroatoms. The van der Waals surface area contributed by atoms with Crippen LogP contribution >= 0.6 is 11.8 Å². The van der Waals surface area contributed by atoms with Crippen LogP contribution in [0.4, 0.5) is 5.69 Å². The van der Waals surface area contributed by atoms with Crippen molar-refractivity contribution in [3.05, 3.63) is 33.9 Å². The van der Waals surface area contributed by atoms with Crippen LogP contribution in [0.3, 0.4) is 0 Å². The molecular weight excluding hydrogens is 342 g/mol. The van der Waals surface area contributed by atoms with Crippen molar-refractivity contribution in [3.8, 4) is 0 Å². The molecule has 0 spiro atoms. The molecular formula is C17H23N3O4S. The van der Waals surface area contributed by atoms with E-state index in [2.05, 4.69) is 4.90 Å². The van der Waals surface area contributed by atoms with Crippen LogP contribution < -0.4 is 0 Å². The fourth-order valence-electron chi connectivity index (χ4n) is 3.13. The van der Waals surface area contributed by atoms with Crippen LogP contribution in [0.2, 0.25) is 0 Å². The van der Waals surface area contributed by atoms with Crippen molar-refractivity contribution in [1.82, 2.24) is 9.80 Å². The number of hydrogen-bond acceptors (Lipinski definition) is 6. The van der Waals surface area contributed by atoms with E-state index in [1.165, 1.54) is 17.8 Å². The Hall–Kier alpha value is -1.64. The number of rotatable bonds is 6. The maximum absolute atomic E-state index is 12.4. The Kier molecular flexibility index (Phi) is 6.28. The second-order valence-electron chi connectivity index (χ2n) is 6.24. The van der Waals surface area contributed by atoms with Gasteiger partial charge in [-0.1, -0.05) is 0 Å². The van der Waals surface area contributed by atoms with Gasteiger partial charge in [0.15, 0.2) is 0 Å². The first-order chi connectivity index (χ1) is 12.1. The lowest BCUT2D eigenvalue weighted by molar-refractivity contribution is -0.387. The zero-order valence-electron chi connectivity index (χ0n) is 14.2. The molecule has 136 valence electrons. The summed E-state index contributed by atoms with van der Waals surface area (Å²) in [6.07, 6.45) is 2.01. The highest BCUT2D eigenvalue weighted by Crippen LogP contribution is 2.31. The molecule has 7 nitrogen and oxygen atoms in total. The molecule has 2 heterocycles. The van der Waals surface area contributed by atoms with Gasteiger partial charge in [0, 0.05) is 50.1 Å². The number of morpholine rings is 1. The fraction of sp³-hybridized carbons (Fsp3) is 0.588. The Balaban J connectivity index is 1.64. The largest absolute Gasteiger partial charge is 0.379 e. The summed E-state index contributed by atoms with van der Waals surface area (Å²) in [6.45, 7) is 5.67. The van der Waals surface area contributed by atoms with Crippen LogP contribution in [0.5, 0.6) is 0 Å². The van der Waals surface area contributed by atoms with Crippen LogP contribution in [0.15, 0.2) is 23.1 Å². The zero-order valence-corrected chi connectivity index (χ0v) is 15.0. The summed E-state index contributed by atoms with van der Waals surface area (Å²) in [7, 11) is 0. The van der Waals surface area contributed by atoms with Crippen molar-refractivity contribution in [2.75, 3.05) is 51.7 Å². The summed E-state index contributed by atoms with van der Waals surface area (Å²) >= 11 is 1.47. The minimum atomic E-state index is -0.391. The van der Waals surface area contributed by atoms with Crippen LogP contribution in [0.25, 0.3) is 0 Å². The molecule has 2 saturated heterocycles. The summed E-state index contributed by atoms with van der Waals surface area (Å²) in [6, 6.07) is 4.86. The Bertz CT molecular complexity index is 628. The molecule has 0 saturated carbocycles. The number of likely N-dealkylation sites (tertiary alicyclic amines) is 1. The number of nitro benzene ring substituents is 1. The molecule has 2 fully saturated rings. The predicted octanol–water partition coefficient (Wildman–Crippen LogP) is 2.26. The highest BCUT2D eigenvalue weighted by Gasteiger charge is 2.23. The lowest BCUT2D eigenvalue weighted by atomic mass is 10.2. The SMILES string of the molecule is O=C(c1ccc(SCCN2CCOCC2)c([N+](=O)[O-])c1)N1CCCC1. The Labute approximate surface area is 151 Å². The third-order valence-electron chi connectivity index (χ3n) is 4.56. The summed E-state index contributed by atoms with van der Waals surface area (Å²) in [5.41, 5.74) is 0.433. The first-order valence-electron chi connectivity index (χ1n) is 8.66. The van der Waals surface area contributed by atoms with Crippen molar-refractivity contribution >= 4 is 23.4 Å². The molecule has 1 aromatic carbocycles. The third kappa shape index (κ3) is 4.71. The van der Waals surface area contributed by atoms with Gasteiger partial charge in [-0.3, -0.25) is 19.8 Å². The molecule has 0 bridgehead atoms. The molecule has 2 aliphatic heterocycles. The van der Waals surface area contributed by atoms with E-state index in [0.29, 0.717) is 10.5 Å². The normalized spacial score (nSPS) is 18.5. The highest BCUT2D eigenvalue weighted by atomic mass is 32.2. The van der Waals surface area contributed by atoms with Gasteiger partial charge in [0.2, 0.25) is 0 Å². The second-order valence-corrected chi connectivity index (χ2v) is 7.38. The lowest BCUT2D eigenvalue weighted by Crippen LogP contribution is -2.37. The molecule has 2 aliphatic rings. The molecule has 0 aliphatic carbocycles. The van der Waals surface area contributed by atoms with Crippen LogP contribution in [-0.2, 0) is 4.74 Å². The van der Waals surface area contributed by atoms with Gasteiger partial charge in [-0.05, 0) is 25.0 Å². The van der Waals surface area contributed by atoms with E-state index in [9.17, 15) is 14.9 Å². The fourth-order valence-corrected chi connectivity index (χ4v) is 4.14. The molecule has 0 aromatic heterocycles. The van der Waals surface area contributed by atoms with E-state index >= 15 is 0 Å². The van der Waals surface area contributed by atoms with Gasteiger partial charge in [-0.2, -0.15) is 0 Å². The minimum absolute atomic E-state index is 0.0250. The summed E-state index contributed by atoms with van der Waals surface area (Å²) in [5.74, 6) is 0.672. The van der Waals surface area contributed by atoms with Gasteiger partial charge in [-0.15, -0.1) is 11.8 Å². The number of carbonyl (C=O) groups excluding carboxylic acids is 1. The van der Waals surface area contributed by atoms with Crippen molar-refractivity contribution in [3.63, 3.8) is 0 Å². The summed E-state index contributed by atoms with van der Waals surface area (Å²) in [4.78, 5) is 28.2. The average Bonchev–Trinajstić information content (AvgIpc) is 3.17. The molecule has 3 rings (SSSR count). The quantitative estimate of drug-likeness (QED) is 0.437. The Morgan fingerprint density at radius 1 is 1.20 bits per heavy atom. The number of thioether (sulfide) groups is 1. The predicted molar refractivity (Wildman–Crippen MR) is 96.2 cm³/mol. The minimum Gasteiger partial charge on any atom is -0.379 e. The molecule has 0 radical (unpaired) electrons. The van der Waals surface area contributed by atoms with Gasteiger partial charge >= 0.3 is 0 Å². The van der Waals surface area contributed by atoms with Gasteiger partial charge in [0.1, 0.15) is 0 Å². The number of hydrogen-bond donors (Lipinski definition) is 0. The first-order valence-corrected chi connectivity index (χ1v) is 9.64. The van der Waals surface area contributed by atoms with Crippen molar-refractivity contribution in [2.45, 2.75) is 17.7 Å². The maximum atomic E-state index is 12.4. The average molecular weight is 365 g/mol. The number of benzene rings is 1. The number of nitrogens with zero attached hydrogens (tertiary/aromatic N) is 3. The number of carbonyl (C=O) groups is 1. The van der Waals surface area contributed by atoms with Crippen LogP contribution in [0.1, 0.15) is 23.2 Å². The number of nitro groups is 1. The van der Waals surface area contributed by atoms with Gasteiger partial charge in [0.05, 0.1) is 23.0 Å². The smallest absolute Gasteiger partial charge is 0.283 e. The molecule has 0 atom stereocenters. The number of amides is 1. The van der Waals surface area contributed by atoms with Gasteiger partial charge in [0.25, 0.3) is 11.6 Å². The topological polar surface area (TPSA) is 75.9 Å². The van der Waals surface area contributed by atoms with Crippen LogP contribution in [0, 0.1) is 10.1 Å². The molecule has 25 heavy (non-hydrogen) atoms. The standard InChI is InChI=1S/C17H23N3O4S/c21-17(19-5-1-2-6-19)14-3-4-16(15(13-14)20(22)23)25-12-9-18-7-10-24-11-8-18/h3-4,13H,1-2,5-12H2. The molecule has 0 unspecified atom stereocenters. The maximum Gasteiger partial charge on any atom is 0.283 e. The van der Waals surface area contributed by atoms with Crippen molar-refractivity contribution < 1.29 is 14.5 Å². The molecule has 0 N–H and O–H groups in total. The lowest BCUT2D eigenvalue weighted by Gasteiger charge is -2.26. The molecule has 1 aromatic rings. The zero-order chi connectivity index (χ0) is 17.6. The van der Waals surface area contributed by atoms with E-state index in [0.717, 1.165) is 64.5 Å². The Morgan fingerprint density at radius 2 is 1.92 bits per heavy atom. The monoisotopic (exact) mass is 365 g/mol. The van der Waals surface area contributed by atoms with Crippen molar-refractivity contribution in [1.29, 1.82) is 0 Å². The van der Waals surface area contributed by atoms with Gasteiger partial charge in [-0.25, -0.2) is 0 Å². The van der Waals surface area contributed by atoms with E-state index < -0.39 is 4.92 Å². The number of ether oxygens (including phenoxy) is 1. The van der Waals surface area contributed by atoms with Gasteiger partial charge < -0.3 is 9.64 Å². The third-order valence-corrected chi connectivity index (χ3v) is 5.61. The van der Waals surface area contributed by atoms with Crippen molar-refractivity contribution in [2.24, 2.45) is 0 Å². The van der Waals surface area contributed by atoms with E-state index in [4.69, 9.17) is 4.74 Å². The highest BCUT2D eigenvalue weighted by molar-refractivity contribution is 7.99.